The van der Waals surface area contributed by atoms with Crippen molar-refractivity contribution < 1.29 is 19.1 Å². The predicted molar refractivity (Wildman–Crippen MR) is 89.0 cm³/mol. The number of amides is 2. The van der Waals surface area contributed by atoms with Gasteiger partial charge in [-0.2, -0.15) is 5.26 Å². The van der Waals surface area contributed by atoms with Crippen LogP contribution in [0.15, 0.2) is 24.3 Å². The average Bonchev–Trinajstić information content (AvgIpc) is 2.64. The molecular weight excluding hydrogens is 322 g/mol. The number of esters is 1. The third-order valence-electron chi connectivity index (χ3n) is 4.10. The standard InChI is InChI=1S/C18H21N3O4/c1-14(22)20-8-10-21(11-9-20)17(23)6-7-18(24)25-13-16-4-2-15(12-19)3-5-16/h2-5H,6-11,13H2,1H3. The molecule has 0 atom stereocenters. The SMILES string of the molecule is CC(=O)N1CCN(C(=O)CCC(=O)OCc2ccc(C#N)cc2)CC1. The van der Waals surface area contributed by atoms with Crippen molar-refractivity contribution in [3.63, 3.8) is 0 Å². The van der Waals surface area contributed by atoms with Gasteiger partial charge in [0.05, 0.1) is 18.1 Å². The van der Waals surface area contributed by atoms with Gasteiger partial charge in [-0.15, -0.1) is 0 Å². The number of hydrogen-bond donors (Lipinski definition) is 0. The molecule has 1 aliphatic heterocycles. The minimum absolute atomic E-state index is 0.0125. The molecule has 1 fully saturated rings. The van der Waals surface area contributed by atoms with E-state index in [2.05, 4.69) is 0 Å². The van der Waals surface area contributed by atoms with Crippen LogP contribution >= 0.6 is 0 Å². The summed E-state index contributed by atoms with van der Waals surface area (Å²) in [7, 11) is 0. The normalized spacial score (nSPS) is 13.9. The molecule has 1 heterocycles. The molecule has 0 radical (unpaired) electrons. The van der Waals surface area contributed by atoms with E-state index in [9.17, 15) is 14.4 Å². The number of piperazine rings is 1. The maximum absolute atomic E-state index is 12.1. The van der Waals surface area contributed by atoms with Crippen LogP contribution in [0, 0.1) is 11.3 Å². The Morgan fingerprint density at radius 1 is 1.04 bits per heavy atom. The van der Waals surface area contributed by atoms with Gasteiger partial charge in [-0.1, -0.05) is 12.1 Å². The minimum Gasteiger partial charge on any atom is -0.461 e. The number of nitriles is 1. The lowest BCUT2D eigenvalue weighted by Gasteiger charge is -2.34. The van der Waals surface area contributed by atoms with E-state index >= 15 is 0 Å². The zero-order valence-electron chi connectivity index (χ0n) is 14.2. The fraction of sp³-hybridized carbons (Fsp3) is 0.444. The Balaban J connectivity index is 1.68. The fourth-order valence-electron chi connectivity index (χ4n) is 2.55. The van der Waals surface area contributed by atoms with Crippen LogP contribution in [-0.2, 0) is 25.7 Å². The van der Waals surface area contributed by atoms with Gasteiger partial charge in [0.15, 0.2) is 0 Å². The van der Waals surface area contributed by atoms with Crippen molar-refractivity contribution in [1.82, 2.24) is 9.80 Å². The van der Waals surface area contributed by atoms with Gasteiger partial charge in [0, 0.05) is 39.5 Å². The summed E-state index contributed by atoms with van der Waals surface area (Å²) >= 11 is 0. The van der Waals surface area contributed by atoms with Gasteiger partial charge in [-0.3, -0.25) is 14.4 Å². The quantitative estimate of drug-likeness (QED) is 0.746. The molecule has 0 saturated carbocycles. The molecule has 7 nitrogen and oxygen atoms in total. The molecule has 1 aliphatic rings. The summed E-state index contributed by atoms with van der Waals surface area (Å²) < 4.78 is 5.14. The van der Waals surface area contributed by atoms with E-state index < -0.39 is 5.97 Å². The van der Waals surface area contributed by atoms with Crippen LogP contribution in [-0.4, -0.2) is 53.8 Å². The van der Waals surface area contributed by atoms with Gasteiger partial charge in [-0.25, -0.2) is 0 Å². The van der Waals surface area contributed by atoms with E-state index in [0.717, 1.165) is 5.56 Å². The Morgan fingerprint density at radius 2 is 1.64 bits per heavy atom. The van der Waals surface area contributed by atoms with Crippen molar-refractivity contribution in [1.29, 1.82) is 5.26 Å². The van der Waals surface area contributed by atoms with Gasteiger partial charge >= 0.3 is 5.97 Å². The lowest BCUT2D eigenvalue weighted by atomic mass is 10.1. The highest BCUT2D eigenvalue weighted by atomic mass is 16.5. The summed E-state index contributed by atoms with van der Waals surface area (Å²) in [4.78, 5) is 38.5. The molecule has 2 amide bonds. The zero-order valence-corrected chi connectivity index (χ0v) is 14.2. The highest BCUT2D eigenvalue weighted by Crippen LogP contribution is 2.08. The third-order valence-corrected chi connectivity index (χ3v) is 4.10. The summed E-state index contributed by atoms with van der Waals surface area (Å²) in [5, 5.41) is 8.73. The molecule has 0 spiro atoms. The lowest BCUT2D eigenvalue weighted by Crippen LogP contribution is -2.50. The first kappa shape index (κ1) is 18.5. The lowest BCUT2D eigenvalue weighted by molar-refractivity contribution is -0.147. The van der Waals surface area contributed by atoms with Crippen molar-refractivity contribution >= 4 is 17.8 Å². The first-order valence-electron chi connectivity index (χ1n) is 8.17. The maximum Gasteiger partial charge on any atom is 0.306 e. The van der Waals surface area contributed by atoms with E-state index in [-0.39, 0.29) is 31.3 Å². The van der Waals surface area contributed by atoms with E-state index in [4.69, 9.17) is 10.00 Å². The molecule has 0 unspecified atom stereocenters. The van der Waals surface area contributed by atoms with Gasteiger partial charge < -0.3 is 14.5 Å². The second-order valence-electron chi connectivity index (χ2n) is 5.86. The van der Waals surface area contributed by atoms with Gasteiger partial charge in [0.1, 0.15) is 6.61 Å². The number of carbonyl (C=O) groups is 3. The van der Waals surface area contributed by atoms with Gasteiger partial charge in [-0.05, 0) is 17.7 Å². The molecule has 0 aromatic heterocycles. The Morgan fingerprint density at radius 3 is 2.20 bits per heavy atom. The molecule has 25 heavy (non-hydrogen) atoms. The summed E-state index contributed by atoms with van der Waals surface area (Å²) in [6.45, 7) is 3.70. The van der Waals surface area contributed by atoms with Crippen molar-refractivity contribution in [3.05, 3.63) is 35.4 Å². The van der Waals surface area contributed by atoms with Crippen molar-refractivity contribution in [2.24, 2.45) is 0 Å². The van der Waals surface area contributed by atoms with Crippen molar-refractivity contribution in [3.8, 4) is 6.07 Å². The fourth-order valence-corrected chi connectivity index (χ4v) is 2.55. The number of nitrogens with zero attached hydrogens (tertiary/aromatic N) is 3. The van der Waals surface area contributed by atoms with E-state index in [1.807, 2.05) is 6.07 Å². The summed E-state index contributed by atoms with van der Waals surface area (Å²) in [6.07, 6.45) is 0.133. The first-order valence-corrected chi connectivity index (χ1v) is 8.17. The summed E-state index contributed by atoms with van der Waals surface area (Å²) in [6, 6.07) is 8.80. The number of hydrogen-bond acceptors (Lipinski definition) is 5. The number of carbonyl (C=O) groups excluding carboxylic acids is 3. The Kier molecular flexibility index (Phi) is 6.52. The van der Waals surface area contributed by atoms with Gasteiger partial charge in [0.2, 0.25) is 11.8 Å². The number of rotatable bonds is 5. The molecule has 1 saturated heterocycles. The molecular formula is C18H21N3O4. The van der Waals surface area contributed by atoms with E-state index in [0.29, 0.717) is 31.7 Å². The Hall–Kier alpha value is -2.88. The van der Waals surface area contributed by atoms with Crippen LogP contribution in [0.1, 0.15) is 30.9 Å². The minimum atomic E-state index is -0.430. The summed E-state index contributed by atoms with van der Waals surface area (Å²) in [5.74, 6) is -0.517. The number of ether oxygens (including phenoxy) is 1. The maximum atomic E-state index is 12.1. The highest BCUT2D eigenvalue weighted by molar-refractivity contribution is 5.81. The molecule has 1 aromatic carbocycles. The molecule has 2 rings (SSSR count). The molecule has 132 valence electrons. The second-order valence-corrected chi connectivity index (χ2v) is 5.86. The van der Waals surface area contributed by atoms with E-state index in [1.165, 1.54) is 6.92 Å². The second kappa shape index (κ2) is 8.83. The number of benzene rings is 1. The molecule has 0 aliphatic carbocycles. The van der Waals surface area contributed by atoms with Crippen LogP contribution in [0.25, 0.3) is 0 Å². The van der Waals surface area contributed by atoms with Crippen LogP contribution in [0.5, 0.6) is 0 Å². The van der Waals surface area contributed by atoms with E-state index in [1.54, 1.807) is 34.1 Å². The van der Waals surface area contributed by atoms with Crippen LogP contribution in [0.2, 0.25) is 0 Å². The zero-order chi connectivity index (χ0) is 18.2. The van der Waals surface area contributed by atoms with Crippen LogP contribution in [0.4, 0.5) is 0 Å². The monoisotopic (exact) mass is 343 g/mol. The van der Waals surface area contributed by atoms with Crippen molar-refractivity contribution in [2.45, 2.75) is 26.4 Å². The molecule has 0 bridgehead atoms. The van der Waals surface area contributed by atoms with Crippen molar-refractivity contribution in [2.75, 3.05) is 26.2 Å². The Labute approximate surface area is 146 Å². The smallest absolute Gasteiger partial charge is 0.306 e. The van der Waals surface area contributed by atoms with Crippen LogP contribution < -0.4 is 0 Å². The average molecular weight is 343 g/mol. The topological polar surface area (TPSA) is 90.7 Å². The largest absolute Gasteiger partial charge is 0.461 e. The predicted octanol–water partition coefficient (Wildman–Crippen LogP) is 1.07. The first-order chi connectivity index (χ1) is 12.0. The Bertz CT molecular complexity index is 671. The molecule has 1 aromatic rings. The molecule has 7 heteroatoms. The molecule has 0 N–H and O–H groups in total. The highest BCUT2D eigenvalue weighted by Gasteiger charge is 2.22. The third kappa shape index (κ3) is 5.60. The summed E-state index contributed by atoms with van der Waals surface area (Å²) in [5.41, 5.74) is 1.34. The van der Waals surface area contributed by atoms with Crippen LogP contribution in [0.3, 0.4) is 0 Å². The van der Waals surface area contributed by atoms with Gasteiger partial charge in [0.25, 0.3) is 0 Å².